The van der Waals surface area contributed by atoms with Crippen molar-refractivity contribution in [1.82, 2.24) is 5.32 Å². The van der Waals surface area contributed by atoms with Gasteiger partial charge in [0.15, 0.2) is 0 Å². The van der Waals surface area contributed by atoms with Crippen LogP contribution in [0.2, 0.25) is 0 Å². The van der Waals surface area contributed by atoms with Crippen LogP contribution >= 0.6 is 11.8 Å². The molecule has 0 atom stereocenters. The third kappa shape index (κ3) is 6.87. The van der Waals surface area contributed by atoms with Crippen molar-refractivity contribution in [2.75, 3.05) is 12.3 Å². The van der Waals surface area contributed by atoms with Gasteiger partial charge in [0, 0.05) is 17.2 Å². The van der Waals surface area contributed by atoms with Crippen molar-refractivity contribution >= 4 is 11.8 Å². The Morgan fingerprint density at radius 2 is 1.89 bits per heavy atom. The minimum absolute atomic E-state index is 0.712. The van der Waals surface area contributed by atoms with Gasteiger partial charge < -0.3 is 5.32 Å². The van der Waals surface area contributed by atoms with Crippen molar-refractivity contribution in [2.45, 2.75) is 39.1 Å². The van der Waals surface area contributed by atoms with Gasteiger partial charge in [0.1, 0.15) is 0 Å². The first kappa shape index (κ1) is 15.3. The summed E-state index contributed by atoms with van der Waals surface area (Å²) in [5.74, 6) is 1.77. The zero-order valence-corrected chi connectivity index (χ0v) is 12.8. The van der Waals surface area contributed by atoms with Crippen molar-refractivity contribution in [3.8, 4) is 0 Å². The number of hydrogen-bond donors (Lipinski definition) is 1. The van der Waals surface area contributed by atoms with Gasteiger partial charge in [0.05, 0.1) is 0 Å². The Morgan fingerprint density at radius 1 is 1.22 bits per heavy atom. The van der Waals surface area contributed by atoms with E-state index in [1.807, 2.05) is 11.8 Å². The van der Waals surface area contributed by atoms with Crippen LogP contribution in [0, 0.1) is 5.92 Å². The maximum atomic E-state index is 3.46. The van der Waals surface area contributed by atoms with Gasteiger partial charge in [-0.3, -0.25) is 0 Å². The zero-order valence-electron chi connectivity index (χ0n) is 12.0. The Labute approximate surface area is 116 Å². The standard InChI is InChI=1S/C16H25NS/c1-13(2)9-10-18-16-7-5-15(6-8-16)12-17-11-14(3)4/h5-9,14,17H,10-12H2,1-4H3. The van der Waals surface area contributed by atoms with E-state index in [1.54, 1.807) is 0 Å². The van der Waals surface area contributed by atoms with Gasteiger partial charge in [-0.15, -0.1) is 11.8 Å². The first-order valence-corrected chi connectivity index (χ1v) is 7.62. The molecule has 0 saturated carbocycles. The molecule has 1 rings (SSSR count). The van der Waals surface area contributed by atoms with Gasteiger partial charge in [0.25, 0.3) is 0 Å². The number of benzene rings is 1. The number of thioether (sulfide) groups is 1. The second kappa shape index (κ2) is 8.39. The lowest BCUT2D eigenvalue weighted by atomic mass is 10.2. The summed E-state index contributed by atoms with van der Waals surface area (Å²) >= 11 is 1.89. The largest absolute Gasteiger partial charge is 0.312 e. The van der Waals surface area contributed by atoms with Crippen LogP contribution in [0.25, 0.3) is 0 Å². The minimum atomic E-state index is 0.712. The Bertz CT molecular complexity index is 361. The lowest BCUT2D eigenvalue weighted by Crippen LogP contribution is -2.18. The SMILES string of the molecule is CC(C)=CCSc1ccc(CNCC(C)C)cc1. The van der Waals surface area contributed by atoms with Crippen LogP contribution in [-0.4, -0.2) is 12.3 Å². The molecule has 0 aliphatic carbocycles. The summed E-state index contributed by atoms with van der Waals surface area (Å²) < 4.78 is 0. The number of allylic oxidation sites excluding steroid dienone is 1. The lowest BCUT2D eigenvalue weighted by Gasteiger charge is -2.08. The Balaban J connectivity index is 2.35. The normalized spacial score (nSPS) is 10.7. The van der Waals surface area contributed by atoms with Crippen molar-refractivity contribution in [1.29, 1.82) is 0 Å². The maximum Gasteiger partial charge on any atom is 0.0205 e. The second-order valence-electron chi connectivity index (χ2n) is 5.26. The summed E-state index contributed by atoms with van der Waals surface area (Å²) in [5, 5.41) is 3.46. The molecule has 0 aromatic heterocycles. The molecule has 18 heavy (non-hydrogen) atoms. The molecular formula is C16H25NS. The minimum Gasteiger partial charge on any atom is -0.312 e. The molecule has 100 valence electrons. The van der Waals surface area contributed by atoms with E-state index in [4.69, 9.17) is 0 Å². The first-order valence-electron chi connectivity index (χ1n) is 6.63. The molecule has 0 amide bonds. The summed E-state index contributed by atoms with van der Waals surface area (Å²) in [6, 6.07) is 8.88. The zero-order chi connectivity index (χ0) is 13.4. The maximum absolute atomic E-state index is 3.46. The van der Waals surface area contributed by atoms with Crippen LogP contribution in [-0.2, 0) is 6.54 Å². The smallest absolute Gasteiger partial charge is 0.0205 e. The van der Waals surface area contributed by atoms with Crippen molar-refractivity contribution < 1.29 is 0 Å². The van der Waals surface area contributed by atoms with Crippen LogP contribution < -0.4 is 5.32 Å². The quantitative estimate of drug-likeness (QED) is 0.574. The van der Waals surface area contributed by atoms with E-state index in [9.17, 15) is 0 Å². The lowest BCUT2D eigenvalue weighted by molar-refractivity contribution is 0.552. The highest BCUT2D eigenvalue weighted by Gasteiger charge is 1.96. The molecule has 0 unspecified atom stereocenters. The highest BCUT2D eigenvalue weighted by molar-refractivity contribution is 7.99. The third-order valence-corrected chi connectivity index (χ3v) is 3.49. The van der Waals surface area contributed by atoms with Crippen LogP contribution in [0.4, 0.5) is 0 Å². The fraction of sp³-hybridized carbons (Fsp3) is 0.500. The van der Waals surface area contributed by atoms with Gasteiger partial charge in [-0.1, -0.05) is 37.6 Å². The highest BCUT2D eigenvalue weighted by atomic mass is 32.2. The van der Waals surface area contributed by atoms with E-state index >= 15 is 0 Å². The van der Waals surface area contributed by atoms with Crippen LogP contribution in [0.15, 0.2) is 40.8 Å². The molecule has 0 bridgehead atoms. The molecule has 1 nitrogen and oxygen atoms in total. The Morgan fingerprint density at radius 3 is 2.44 bits per heavy atom. The third-order valence-electron chi connectivity index (χ3n) is 2.55. The van der Waals surface area contributed by atoms with Crippen LogP contribution in [0.1, 0.15) is 33.3 Å². The van der Waals surface area contributed by atoms with Gasteiger partial charge >= 0.3 is 0 Å². The molecular weight excluding hydrogens is 238 g/mol. The summed E-state index contributed by atoms with van der Waals surface area (Å²) in [7, 11) is 0. The van der Waals surface area contributed by atoms with Crippen molar-refractivity contribution in [3.05, 3.63) is 41.5 Å². The first-order chi connectivity index (χ1) is 8.58. The van der Waals surface area contributed by atoms with Crippen molar-refractivity contribution in [2.24, 2.45) is 5.92 Å². The summed E-state index contributed by atoms with van der Waals surface area (Å²) in [5.41, 5.74) is 2.75. The Kier molecular flexibility index (Phi) is 7.14. The van der Waals surface area contributed by atoms with Gasteiger partial charge in [0.2, 0.25) is 0 Å². The monoisotopic (exact) mass is 263 g/mol. The average Bonchev–Trinajstić information content (AvgIpc) is 2.30. The number of nitrogens with one attached hydrogen (secondary N) is 1. The second-order valence-corrected chi connectivity index (χ2v) is 6.35. The highest BCUT2D eigenvalue weighted by Crippen LogP contribution is 2.19. The topological polar surface area (TPSA) is 12.0 Å². The molecule has 1 aromatic carbocycles. The number of rotatable bonds is 7. The van der Waals surface area contributed by atoms with Gasteiger partial charge in [-0.2, -0.15) is 0 Å². The fourth-order valence-corrected chi connectivity index (χ4v) is 2.45. The van der Waals surface area contributed by atoms with Crippen LogP contribution in [0.5, 0.6) is 0 Å². The van der Waals surface area contributed by atoms with E-state index < -0.39 is 0 Å². The van der Waals surface area contributed by atoms with E-state index in [0.717, 1.165) is 18.8 Å². The van der Waals surface area contributed by atoms with Gasteiger partial charge in [-0.05, 0) is 44.0 Å². The average molecular weight is 263 g/mol. The van der Waals surface area contributed by atoms with E-state index in [-0.39, 0.29) is 0 Å². The molecule has 0 aliphatic rings. The predicted octanol–water partition coefficient (Wildman–Crippen LogP) is 4.49. The molecule has 0 radical (unpaired) electrons. The Hall–Kier alpha value is -0.730. The molecule has 0 fully saturated rings. The van der Waals surface area contributed by atoms with E-state index in [2.05, 4.69) is 63.4 Å². The molecule has 0 saturated heterocycles. The van der Waals surface area contributed by atoms with E-state index in [1.165, 1.54) is 16.0 Å². The number of hydrogen-bond acceptors (Lipinski definition) is 2. The molecule has 0 spiro atoms. The summed E-state index contributed by atoms with van der Waals surface area (Å²) in [4.78, 5) is 1.35. The molecule has 0 heterocycles. The molecule has 1 aromatic rings. The molecule has 0 aliphatic heterocycles. The van der Waals surface area contributed by atoms with Crippen LogP contribution in [0.3, 0.4) is 0 Å². The summed E-state index contributed by atoms with van der Waals surface area (Å²) in [6.07, 6.45) is 2.27. The van der Waals surface area contributed by atoms with Gasteiger partial charge in [-0.25, -0.2) is 0 Å². The molecule has 2 heteroatoms. The molecule has 1 N–H and O–H groups in total. The fourth-order valence-electron chi connectivity index (χ4n) is 1.51. The van der Waals surface area contributed by atoms with Crippen molar-refractivity contribution in [3.63, 3.8) is 0 Å². The summed E-state index contributed by atoms with van der Waals surface area (Å²) in [6.45, 7) is 10.8. The predicted molar refractivity (Wildman–Crippen MR) is 83.1 cm³/mol. The van der Waals surface area contributed by atoms with E-state index in [0.29, 0.717) is 5.92 Å².